The summed E-state index contributed by atoms with van der Waals surface area (Å²) in [5, 5.41) is 6.19. The topological polar surface area (TPSA) is 159 Å². The maximum atomic E-state index is 14.9. The summed E-state index contributed by atoms with van der Waals surface area (Å²) in [6.07, 6.45) is -21.4. The third kappa shape index (κ3) is 8.87. The number of fused-ring (bicyclic) bond motifs is 1. The first-order valence-corrected chi connectivity index (χ1v) is 18.1. The molecular formula is C37H62N4O7S. The molecule has 3 N–H and O–H groups in total. The van der Waals surface area contributed by atoms with Crippen molar-refractivity contribution in [2.24, 2.45) is 28.6 Å². The second kappa shape index (κ2) is 14.3. The van der Waals surface area contributed by atoms with Crippen molar-refractivity contribution in [3.8, 4) is 0 Å². The molecule has 0 aromatic rings. The lowest BCUT2D eigenvalue weighted by atomic mass is 9.83. The minimum Gasteiger partial charge on any atom is -0.347 e. The third-order valence-corrected chi connectivity index (χ3v) is 11.5. The summed E-state index contributed by atoms with van der Waals surface area (Å²) in [6.45, 7) is -4.65. The van der Waals surface area contributed by atoms with Crippen LogP contribution in [0.1, 0.15) is 160 Å². The molecule has 278 valence electrons. The third-order valence-electron chi connectivity index (χ3n) is 9.75. The van der Waals surface area contributed by atoms with E-state index >= 15 is 0 Å². The zero-order chi connectivity index (χ0) is 54.1. The fourth-order valence-electron chi connectivity index (χ4n) is 6.59. The number of sulfone groups is 1. The molecule has 0 spiro atoms. The number of carbonyl (C=O) groups excluding carboxylic acids is 5. The molecule has 0 radical (unpaired) electrons. The Hall–Kier alpha value is -2.50. The van der Waals surface area contributed by atoms with Gasteiger partial charge in [0, 0.05) is 52.3 Å². The van der Waals surface area contributed by atoms with Gasteiger partial charge in [0.05, 0.1) is 22.1 Å². The number of hydrogen-bond donors (Lipinski definition) is 3. The van der Waals surface area contributed by atoms with Gasteiger partial charge in [-0.25, -0.2) is 13.2 Å². The van der Waals surface area contributed by atoms with Crippen LogP contribution in [0.3, 0.4) is 0 Å². The van der Waals surface area contributed by atoms with E-state index in [1.165, 1.54) is 26.1 Å². The maximum Gasteiger partial charge on any atom is 0.315 e. The van der Waals surface area contributed by atoms with E-state index in [4.69, 9.17) is 27.4 Å². The monoisotopic (exact) mass is 727 g/mol. The predicted octanol–water partition coefficient (Wildman–Crippen LogP) is 4.71. The number of urea groups is 1. The molecule has 11 nitrogen and oxygen atoms in total. The molecule has 0 bridgehead atoms. The first-order valence-electron chi connectivity index (χ1n) is 26.4. The molecule has 3 aliphatic carbocycles. The van der Waals surface area contributed by atoms with Gasteiger partial charge >= 0.3 is 6.03 Å². The molecule has 0 aromatic heterocycles. The number of carbonyl (C=O) groups is 5. The minimum atomic E-state index is -6.83. The van der Waals surface area contributed by atoms with Crippen molar-refractivity contribution in [3.05, 3.63) is 0 Å². The average molecular weight is 727 g/mol. The molecule has 3 saturated carbocycles. The van der Waals surface area contributed by atoms with E-state index < -0.39 is 149 Å². The molecule has 4 aliphatic rings. The minimum absolute atomic E-state index is 0.164. The predicted molar refractivity (Wildman–Crippen MR) is 189 cm³/mol. The largest absolute Gasteiger partial charge is 0.347 e. The van der Waals surface area contributed by atoms with Crippen LogP contribution in [0, 0.1) is 28.6 Å². The van der Waals surface area contributed by atoms with Gasteiger partial charge in [-0.2, -0.15) is 0 Å². The lowest BCUT2D eigenvalue weighted by Gasteiger charge is -2.41. The highest BCUT2D eigenvalue weighted by atomic mass is 32.2. The number of nitrogens with zero attached hydrogens (tertiary/aromatic N) is 1. The number of amides is 4. The Bertz CT molecular complexity index is 2140. The van der Waals surface area contributed by atoms with E-state index in [1.807, 2.05) is 0 Å². The van der Waals surface area contributed by atoms with Crippen LogP contribution in [0.15, 0.2) is 0 Å². The van der Waals surface area contributed by atoms with Gasteiger partial charge in [0.25, 0.3) is 5.91 Å². The number of ketones is 2. The molecule has 4 fully saturated rings. The zero-order valence-electron chi connectivity index (χ0n) is 48.8. The van der Waals surface area contributed by atoms with Crippen LogP contribution in [0.2, 0.25) is 0 Å². The quantitative estimate of drug-likeness (QED) is 0.219. The van der Waals surface area contributed by atoms with Crippen molar-refractivity contribution in [1.29, 1.82) is 0 Å². The van der Waals surface area contributed by atoms with Crippen molar-refractivity contribution in [1.82, 2.24) is 20.9 Å². The summed E-state index contributed by atoms with van der Waals surface area (Å²) < 4.78 is 192. The van der Waals surface area contributed by atoms with Gasteiger partial charge in [0.15, 0.2) is 15.6 Å². The molecule has 0 unspecified atom stereocenters. The van der Waals surface area contributed by atoms with E-state index in [9.17, 15) is 32.4 Å². The first-order chi connectivity index (χ1) is 30.4. The van der Waals surface area contributed by atoms with Gasteiger partial charge in [0.2, 0.25) is 11.7 Å². The van der Waals surface area contributed by atoms with Crippen LogP contribution in [0.4, 0.5) is 4.79 Å². The summed E-state index contributed by atoms with van der Waals surface area (Å²) in [5.74, 6) is -10.1. The van der Waals surface area contributed by atoms with Crippen molar-refractivity contribution in [2.75, 3.05) is 12.3 Å². The molecule has 12 heteroatoms. The molecule has 1 saturated heterocycles. The number of hydrogen-bond acceptors (Lipinski definition) is 7. The van der Waals surface area contributed by atoms with Crippen LogP contribution >= 0.6 is 0 Å². The summed E-state index contributed by atoms with van der Waals surface area (Å²) in [4.78, 5) is 71.4. The smallest absolute Gasteiger partial charge is 0.315 e. The molecule has 4 rings (SSSR count). The second-order valence-electron chi connectivity index (χ2n) is 15.2. The van der Waals surface area contributed by atoms with Gasteiger partial charge in [0.1, 0.15) is 6.04 Å². The number of rotatable bonds is 14. The Morgan fingerprint density at radius 2 is 1.67 bits per heavy atom. The first kappa shape index (κ1) is 19.9. The van der Waals surface area contributed by atoms with Crippen LogP contribution < -0.4 is 16.0 Å². The zero-order valence-corrected chi connectivity index (χ0v) is 29.6. The van der Waals surface area contributed by atoms with Crippen LogP contribution in [-0.4, -0.2) is 83.4 Å². The van der Waals surface area contributed by atoms with E-state index in [0.29, 0.717) is 19.3 Å². The maximum absolute atomic E-state index is 14.9. The molecular weight excluding hydrogens is 644 g/mol. The Morgan fingerprint density at radius 3 is 2.22 bits per heavy atom. The Morgan fingerprint density at radius 1 is 1.04 bits per heavy atom. The second-order valence-corrected chi connectivity index (χ2v) is 17.3. The SMILES string of the molecule is [2H]C([2H])([2H])C(C([2H])([2H])[2H])(C([2H])([2H])[2H])S(=O)(=O)CC1(NC(=O)N[C@H](C(=O)N2C[C@H]3[C@@H]([C@H]2C(=O)C[C@@]([2H])(CCCC)C(=O)C(=O)NC2CC2)C3(C)C)C(C)(C)C)C([2H])([2H])C([2H])([2H])C([2H])([2H])C([2H])([2H])C1([2H])[2H]. The molecule has 1 aliphatic heterocycles. The van der Waals surface area contributed by atoms with E-state index in [0.717, 1.165) is 4.90 Å². The average Bonchev–Trinajstić information content (AvgIpc) is 3.99. The fraction of sp³-hybridized carbons (Fsp3) is 0.865. The number of piperidine rings is 1. The normalized spacial score (nSPS) is 38.4. The number of unbranched alkanes of at least 4 members (excludes halogenated alkanes) is 1. The van der Waals surface area contributed by atoms with Crippen molar-refractivity contribution in [2.45, 2.75) is 161 Å². The molecule has 49 heavy (non-hydrogen) atoms. The van der Waals surface area contributed by atoms with E-state index in [1.54, 1.807) is 20.8 Å². The number of likely N-dealkylation sites (tertiary alicyclic amines) is 1. The molecule has 0 aromatic carbocycles. The van der Waals surface area contributed by atoms with Gasteiger partial charge in [-0.15, -0.1) is 0 Å². The van der Waals surface area contributed by atoms with Crippen molar-refractivity contribution >= 4 is 39.2 Å². The summed E-state index contributed by atoms with van der Waals surface area (Å²) in [6, 6.07) is -5.62. The number of nitrogens with one attached hydrogen (secondary N) is 3. The van der Waals surface area contributed by atoms with E-state index in [-0.39, 0.29) is 31.3 Å². The van der Waals surface area contributed by atoms with Gasteiger partial charge in [-0.1, -0.05) is 73.5 Å². The standard InChI is InChI=1S/C37H62N4O7S/c1-10-11-15-23(29(43)31(44)38-24-16-17-24)20-26(42)28-27-25(36(27,8)9)21-41(28)32(45)30(34(2,3)4)39-33(46)40-37(18-13-12-14-19-37)22-49(47,48)35(5,6)7/h23-25,27-28,30H,10-22H2,1-9H3,(H,38,44)(H2,39,40,46)/t23-,25+,27+,28-,30-/m1/s1/i5D3,6D3,7D3,12D2,13D2,14D2,18D2,19D2,23D. The summed E-state index contributed by atoms with van der Waals surface area (Å²) >= 11 is 0. The highest BCUT2D eigenvalue weighted by Crippen LogP contribution is 2.65. The Balaban J connectivity index is 1.89. The number of Topliss-reactive ketones (excluding diaryl/α,β-unsaturated/α-hetero) is 2. The van der Waals surface area contributed by atoms with Crippen molar-refractivity contribution in [3.63, 3.8) is 0 Å². The van der Waals surface area contributed by atoms with Crippen LogP contribution in [0.25, 0.3) is 0 Å². The highest BCUT2D eigenvalue weighted by Gasteiger charge is 2.69. The van der Waals surface area contributed by atoms with Crippen LogP contribution in [-0.2, 0) is 29.0 Å². The highest BCUT2D eigenvalue weighted by molar-refractivity contribution is 7.92. The van der Waals surface area contributed by atoms with Crippen molar-refractivity contribution < 1.29 is 59.8 Å². The fourth-order valence-corrected chi connectivity index (χ4v) is 7.59. The van der Waals surface area contributed by atoms with Gasteiger partial charge in [-0.3, -0.25) is 19.2 Å². The van der Waals surface area contributed by atoms with Gasteiger partial charge < -0.3 is 20.9 Å². The summed E-state index contributed by atoms with van der Waals surface area (Å²) in [5.41, 5.74) is -6.62. The molecule has 1 heterocycles. The van der Waals surface area contributed by atoms with E-state index in [2.05, 4.69) is 10.6 Å². The molecule has 4 amide bonds. The lowest BCUT2D eigenvalue weighted by molar-refractivity contribution is -0.145. The Labute approximate surface area is 322 Å². The molecule has 5 atom stereocenters. The van der Waals surface area contributed by atoms with Gasteiger partial charge in [-0.05, 0) is 75.2 Å². The van der Waals surface area contributed by atoms with Crippen LogP contribution in [0.5, 0.6) is 0 Å². The lowest BCUT2D eigenvalue weighted by Crippen LogP contribution is -2.63. The summed E-state index contributed by atoms with van der Waals surface area (Å²) in [7, 11) is -6.83. The Kier molecular flexibility index (Phi) is 5.80.